The number of hydrogen-bond acceptors (Lipinski definition) is 4. The van der Waals surface area contributed by atoms with E-state index >= 15 is 0 Å². The second-order valence-corrected chi connectivity index (χ2v) is 3.93. The quantitative estimate of drug-likeness (QED) is 0.843. The van der Waals surface area contributed by atoms with E-state index in [0.717, 1.165) is 22.9 Å². The summed E-state index contributed by atoms with van der Waals surface area (Å²) in [6.45, 7) is 2.05. The van der Waals surface area contributed by atoms with Gasteiger partial charge in [0.25, 0.3) is 0 Å². The lowest BCUT2D eigenvalue weighted by molar-refractivity contribution is 0.581. The lowest BCUT2D eigenvalue weighted by Crippen LogP contribution is -2.08. The van der Waals surface area contributed by atoms with Crippen LogP contribution in [0.15, 0.2) is 28.2 Å². The van der Waals surface area contributed by atoms with Crippen molar-refractivity contribution in [2.24, 2.45) is 5.73 Å². The third kappa shape index (κ3) is 1.71. The predicted molar refractivity (Wildman–Crippen MR) is 57.0 cm³/mol. The van der Waals surface area contributed by atoms with Crippen LogP contribution in [-0.2, 0) is 0 Å². The predicted octanol–water partition coefficient (Wildman–Crippen LogP) is 2.81. The van der Waals surface area contributed by atoms with Crippen molar-refractivity contribution < 1.29 is 4.42 Å². The molecule has 0 aromatic carbocycles. The van der Waals surface area contributed by atoms with Gasteiger partial charge < -0.3 is 10.2 Å². The van der Waals surface area contributed by atoms with E-state index in [2.05, 4.69) is 11.9 Å². The summed E-state index contributed by atoms with van der Waals surface area (Å²) in [5, 5.41) is 2.89. The average molecular weight is 208 g/mol. The van der Waals surface area contributed by atoms with Crippen molar-refractivity contribution in [1.82, 2.24) is 4.98 Å². The van der Waals surface area contributed by atoms with Gasteiger partial charge in [-0.2, -0.15) is 0 Å². The zero-order chi connectivity index (χ0) is 9.97. The van der Waals surface area contributed by atoms with Crippen molar-refractivity contribution in [3.05, 3.63) is 29.5 Å². The van der Waals surface area contributed by atoms with Gasteiger partial charge in [0.15, 0.2) is 10.8 Å². The first-order chi connectivity index (χ1) is 6.81. The van der Waals surface area contributed by atoms with Crippen LogP contribution in [0.2, 0.25) is 0 Å². The van der Waals surface area contributed by atoms with Gasteiger partial charge in [-0.25, -0.2) is 4.98 Å². The Hall–Kier alpha value is -1.13. The van der Waals surface area contributed by atoms with Crippen molar-refractivity contribution in [1.29, 1.82) is 0 Å². The van der Waals surface area contributed by atoms with Crippen molar-refractivity contribution in [3.8, 4) is 10.8 Å². The topological polar surface area (TPSA) is 52.0 Å². The van der Waals surface area contributed by atoms with Crippen LogP contribution in [-0.4, -0.2) is 4.98 Å². The number of rotatable bonds is 3. The van der Waals surface area contributed by atoms with Crippen LogP contribution >= 0.6 is 11.3 Å². The Morgan fingerprint density at radius 1 is 1.64 bits per heavy atom. The van der Waals surface area contributed by atoms with Gasteiger partial charge in [0.1, 0.15) is 0 Å². The van der Waals surface area contributed by atoms with Gasteiger partial charge >= 0.3 is 0 Å². The molecule has 2 aromatic heterocycles. The maximum Gasteiger partial charge on any atom is 0.162 e. The van der Waals surface area contributed by atoms with Gasteiger partial charge in [0.05, 0.1) is 12.0 Å². The molecule has 0 spiro atoms. The summed E-state index contributed by atoms with van der Waals surface area (Å²) in [7, 11) is 0. The summed E-state index contributed by atoms with van der Waals surface area (Å²) in [5.74, 6) is 0.810. The fourth-order valence-corrected chi connectivity index (χ4v) is 2.03. The van der Waals surface area contributed by atoms with Crippen LogP contribution in [0.25, 0.3) is 10.8 Å². The second-order valence-electron chi connectivity index (χ2n) is 3.07. The first-order valence-corrected chi connectivity index (χ1v) is 5.44. The monoisotopic (exact) mass is 208 g/mol. The van der Waals surface area contributed by atoms with E-state index < -0.39 is 0 Å². The SMILES string of the molecule is CCC(N)c1csc(-c2ccco2)n1. The van der Waals surface area contributed by atoms with Gasteiger partial charge in [-0.15, -0.1) is 11.3 Å². The van der Waals surface area contributed by atoms with Crippen LogP contribution in [0.4, 0.5) is 0 Å². The highest BCUT2D eigenvalue weighted by molar-refractivity contribution is 7.13. The fraction of sp³-hybridized carbons (Fsp3) is 0.300. The normalized spacial score (nSPS) is 13.0. The lowest BCUT2D eigenvalue weighted by atomic mass is 10.2. The highest BCUT2D eigenvalue weighted by Crippen LogP contribution is 2.26. The van der Waals surface area contributed by atoms with E-state index in [-0.39, 0.29) is 6.04 Å². The molecule has 4 heteroatoms. The number of thiazole rings is 1. The first kappa shape index (κ1) is 9.43. The van der Waals surface area contributed by atoms with Crippen LogP contribution in [0.5, 0.6) is 0 Å². The highest BCUT2D eigenvalue weighted by Gasteiger charge is 2.10. The molecule has 2 aromatic rings. The molecule has 3 nitrogen and oxygen atoms in total. The van der Waals surface area contributed by atoms with E-state index in [1.54, 1.807) is 17.6 Å². The van der Waals surface area contributed by atoms with Crippen LogP contribution in [0.3, 0.4) is 0 Å². The molecule has 2 rings (SSSR count). The molecule has 0 saturated carbocycles. The molecule has 74 valence electrons. The van der Waals surface area contributed by atoms with E-state index in [1.807, 2.05) is 17.5 Å². The van der Waals surface area contributed by atoms with Gasteiger partial charge in [-0.1, -0.05) is 6.92 Å². The fourth-order valence-electron chi connectivity index (χ4n) is 1.18. The summed E-state index contributed by atoms with van der Waals surface area (Å²) in [6, 6.07) is 3.80. The highest BCUT2D eigenvalue weighted by atomic mass is 32.1. The maximum absolute atomic E-state index is 5.87. The number of furan rings is 1. The third-order valence-electron chi connectivity index (χ3n) is 2.07. The van der Waals surface area contributed by atoms with E-state index in [1.165, 1.54) is 0 Å². The second kappa shape index (κ2) is 3.94. The van der Waals surface area contributed by atoms with Crippen LogP contribution in [0, 0.1) is 0 Å². The molecular weight excluding hydrogens is 196 g/mol. The average Bonchev–Trinajstić information content (AvgIpc) is 2.86. The summed E-state index contributed by atoms with van der Waals surface area (Å²) in [5.41, 5.74) is 6.82. The van der Waals surface area contributed by atoms with Gasteiger partial charge in [0, 0.05) is 11.4 Å². The van der Waals surface area contributed by atoms with E-state index in [4.69, 9.17) is 10.2 Å². The molecule has 0 aliphatic heterocycles. The molecule has 2 heterocycles. The van der Waals surface area contributed by atoms with Crippen LogP contribution < -0.4 is 5.73 Å². The van der Waals surface area contributed by atoms with Crippen molar-refractivity contribution in [2.75, 3.05) is 0 Å². The van der Waals surface area contributed by atoms with Crippen molar-refractivity contribution in [2.45, 2.75) is 19.4 Å². The Bertz CT molecular complexity index is 394. The van der Waals surface area contributed by atoms with E-state index in [0.29, 0.717) is 0 Å². The Labute approximate surface area is 86.6 Å². The molecule has 0 amide bonds. The minimum absolute atomic E-state index is 0.0370. The lowest BCUT2D eigenvalue weighted by Gasteiger charge is -2.02. The third-order valence-corrected chi connectivity index (χ3v) is 2.95. The Morgan fingerprint density at radius 2 is 2.50 bits per heavy atom. The number of aromatic nitrogens is 1. The molecule has 0 saturated heterocycles. The Morgan fingerprint density at radius 3 is 3.14 bits per heavy atom. The molecule has 0 aliphatic rings. The van der Waals surface area contributed by atoms with Gasteiger partial charge in [0.2, 0.25) is 0 Å². The Balaban J connectivity index is 2.26. The molecule has 14 heavy (non-hydrogen) atoms. The maximum atomic E-state index is 5.87. The number of nitrogens with two attached hydrogens (primary N) is 1. The van der Waals surface area contributed by atoms with Crippen molar-refractivity contribution in [3.63, 3.8) is 0 Å². The molecule has 2 N–H and O–H groups in total. The first-order valence-electron chi connectivity index (χ1n) is 4.56. The minimum Gasteiger partial charge on any atom is -0.462 e. The minimum atomic E-state index is 0.0370. The molecule has 1 atom stereocenters. The summed E-state index contributed by atoms with van der Waals surface area (Å²) >= 11 is 1.57. The summed E-state index contributed by atoms with van der Waals surface area (Å²) in [6.07, 6.45) is 2.55. The van der Waals surface area contributed by atoms with Gasteiger partial charge in [-0.3, -0.25) is 0 Å². The molecule has 1 unspecified atom stereocenters. The Kier molecular flexibility index (Phi) is 2.65. The molecule has 0 radical (unpaired) electrons. The number of nitrogens with zero attached hydrogens (tertiary/aromatic N) is 1. The van der Waals surface area contributed by atoms with Gasteiger partial charge in [-0.05, 0) is 18.6 Å². The van der Waals surface area contributed by atoms with E-state index in [9.17, 15) is 0 Å². The standard InChI is InChI=1S/C10H12N2OS/c1-2-7(11)8-6-14-10(12-8)9-4-3-5-13-9/h3-7H,2,11H2,1H3. The molecule has 0 fully saturated rings. The van der Waals surface area contributed by atoms with Crippen LogP contribution in [0.1, 0.15) is 25.1 Å². The summed E-state index contributed by atoms with van der Waals surface area (Å²) in [4.78, 5) is 4.42. The zero-order valence-electron chi connectivity index (χ0n) is 7.93. The van der Waals surface area contributed by atoms with Crippen molar-refractivity contribution >= 4 is 11.3 Å². The zero-order valence-corrected chi connectivity index (χ0v) is 8.75. The molecular formula is C10H12N2OS. The summed E-state index contributed by atoms with van der Waals surface area (Å²) < 4.78 is 5.25. The molecule has 0 bridgehead atoms. The largest absolute Gasteiger partial charge is 0.462 e. The molecule has 0 aliphatic carbocycles. The number of hydrogen-bond donors (Lipinski definition) is 1. The smallest absolute Gasteiger partial charge is 0.162 e.